The summed E-state index contributed by atoms with van der Waals surface area (Å²) in [6.45, 7) is 6.50. The Labute approximate surface area is 195 Å². The first-order chi connectivity index (χ1) is 16.0. The molecular formula is C26H32N4O3. The smallest absolute Gasteiger partial charge is 0.239 e. The molecule has 1 N–H and O–H groups in total. The van der Waals surface area contributed by atoms with Gasteiger partial charge in [0.25, 0.3) is 0 Å². The number of aliphatic imine (C=N–C) groups is 2. The van der Waals surface area contributed by atoms with E-state index in [0.717, 1.165) is 54.5 Å². The molecule has 0 aliphatic carbocycles. The molecule has 1 amide bonds. The maximum Gasteiger partial charge on any atom is 0.239 e. The zero-order valence-electron chi connectivity index (χ0n) is 19.8. The molecule has 4 rings (SSSR count). The molecule has 2 aromatic carbocycles. The highest BCUT2D eigenvalue weighted by atomic mass is 16.5. The fraction of sp³-hybridized carbons (Fsp3) is 0.423. The molecule has 7 nitrogen and oxygen atoms in total. The van der Waals surface area contributed by atoms with Gasteiger partial charge in [-0.3, -0.25) is 14.7 Å². The van der Waals surface area contributed by atoms with E-state index in [4.69, 9.17) is 19.5 Å². The number of carbonyl (C=O) groups excluding carboxylic acids is 1. The first-order valence-corrected chi connectivity index (χ1v) is 11.5. The van der Waals surface area contributed by atoms with Crippen molar-refractivity contribution in [1.82, 2.24) is 10.2 Å². The topological polar surface area (TPSA) is 75.5 Å². The van der Waals surface area contributed by atoms with Gasteiger partial charge < -0.3 is 14.8 Å². The standard InChI is InChI=1S/C26H32N4O3/c1-17-11-13-30(14-12-17)16-24(31)29-26-25(19-9-10-22(32-3)23(15-19)33-4)18(2)27-20-7-5-6-8-21(20)28-26/h5-10,15,17,25H,11-14,16H2,1-4H3,(H,28,29,31). The number of rotatable bonds is 5. The number of methoxy groups -OCH3 is 2. The van der Waals surface area contributed by atoms with Crippen molar-refractivity contribution in [2.24, 2.45) is 15.9 Å². The third-order valence-electron chi connectivity index (χ3n) is 6.36. The molecule has 174 valence electrons. The van der Waals surface area contributed by atoms with Gasteiger partial charge in [0.2, 0.25) is 5.91 Å². The molecule has 1 unspecified atom stereocenters. The summed E-state index contributed by atoms with van der Waals surface area (Å²) in [6.07, 6.45) is 2.25. The molecule has 0 saturated carbocycles. The number of amides is 1. The third kappa shape index (κ3) is 5.25. The summed E-state index contributed by atoms with van der Waals surface area (Å²) >= 11 is 0. The number of para-hydroxylation sites is 2. The fourth-order valence-electron chi connectivity index (χ4n) is 4.44. The lowest BCUT2D eigenvalue weighted by Crippen LogP contribution is -2.45. The second-order valence-electron chi connectivity index (χ2n) is 8.79. The Bertz CT molecular complexity index is 1070. The largest absolute Gasteiger partial charge is 0.493 e. The summed E-state index contributed by atoms with van der Waals surface area (Å²) < 4.78 is 10.9. The molecule has 1 atom stereocenters. The van der Waals surface area contributed by atoms with Crippen molar-refractivity contribution in [3.8, 4) is 11.5 Å². The first kappa shape index (κ1) is 23.0. The number of hydrogen-bond acceptors (Lipinski definition) is 6. The number of ether oxygens (including phenoxy) is 2. The number of nitrogens with zero attached hydrogens (tertiary/aromatic N) is 3. The van der Waals surface area contributed by atoms with Crippen LogP contribution in [0.1, 0.15) is 38.2 Å². The minimum atomic E-state index is -0.317. The van der Waals surface area contributed by atoms with Crippen LogP contribution in [0.25, 0.3) is 0 Å². The minimum Gasteiger partial charge on any atom is -0.493 e. The van der Waals surface area contributed by atoms with Crippen molar-refractivity contribution in [1.29, 1.82) is 0 Å². The van der Waals surface area contributed by atoms with Gasteiger partial charge in [-0.15, -0.1) is 0 Å². The Hall–Kier alpha value is -3.19. The number of benzene rings is 2. The number of piperidine rings is 1. The van der Waals surface area contributed by atoms with E-state index in [9.17, 15) is 4.79 Å². The molecule has 0 aromatic heterocycles. The normalized spacial score (nSPS) is 19.1. The van der Waals surface area contributed by atoms with E-state index >= 15 is 0 Å². The average Bonchev–Trinajstić information content (AvgIpc) is 2.95. The van der Waals surface area contributed by atoms with Crippen LogP contribution in [0.5, 0.6) is 11.5 Å². The highest BCUT2D eigenvalue weighted by Gasteiger charge is 2.28. The molecule has 2 heterocycles. The van der Waals surface area contributed by atoms with Crippen molar-refractivity contribution in [3.05, 3.63) is 48.0 Å². The molecule has 2 aromatic rings. The maximum atomic E-state index is 13.1. The van der Waals surface area contributed by atoms with E-state index < -0.39 is 0 Å². The number of amidine groups is 1. The van der Waals surface area contributed by atoms with Gasteiger partial charge in [-0.05, 0) is 68.6 Å². The van der Waals surface area contributed by atoms with Crippen molar-refractivity contribution in [3.63, 3.8) is 0 Å². The van der Waals surface area contributed by atoms with Gasteiger partial charge in [0.15, 0.2) is 11.5 Å². The molecule has 1 saturated heterocycles. The molecular weight excluding hydrogens is 416 g/mol. The summed E-state index contributed by atoms with van der Waals surface area (Å²) in [5, 5.41) is 3.12. The average molecular weight is 449 g/mol. The summed E-state index contributed by atoms with van der Waals surface area (Å²) in [7, 11) is 3.22. The Morgan fingerprint density at radius 1 is 1.03 bits per heavy atom. The molecule has 0 spiro atoms. The van der Waals surface area contributed by atoms with E-state index in [0.29, 0.717) is 23.9 Å². The molecule has 0 radical (unpaired) electrons. The van der Waals surface area contributed by atoms with E-state index in [1.54, 1.807) is 14.2 Å². The van der Waals surface area contributed by atoms with Gasteiger partial charge in [-0.25, -0.2) is 4.99 Å². The third-order valence-corrected chi connectivity index (χ3v) is 6.36. The summed E-state index contributed by atoms with van der Waals surface area (Å²) in [5.41, 5.74) is 3.29. The lowest BCUT2D eigenvalue weighted by atomic mass is 9.92. The lowest BCUT2D eigenvalue weighted by molar-refractivity contribution is -0.121. The van der Waals surface area contributed by atoms with Gasteiger partial charge in [0.1, 0.15) is 5.84 Å². The van der Waals surface area contributed by atoms with Crippen LogP contribution in [0.15, 0.2) is 52.4 Å². The van der Waals surface area contributed by atoms with Gasteiger partial charge in [0.05, 0.1) is 38.1 Å². The molecule has 0 bridgehead atoms. The predicted molar refractivity (Wildman–Crippen MR) is 132 cm³/mol. The summed E-state index contributed by atoms with van der Waals surface area (Å²) in [4.78, 5) is 25.0. The van der Waals surface area contributed by atoms with Crippen molar-refractivity contribution < 1.29 is 14.3 Å². The van der Waals surface area contributed by atoms with E-state index in [-0.39, 0.29) is 11.8 Å². The van der Waals surface area contributed by atoms with Crippen LogP contribution in [0, 0.1) is 5.92 Å². The molecule has 7 heteroatoms. The van der Waals surface area contributed by atoms with Crippen molar-refractivity contribution in [2.75, 3.05) is 33.9 Å². The fourth-order valence-corrected chi connectivity index (χ4v) is 4.44. The second-order valence-corrected chi connectivity index (χ2v) is 8.79. The predicted octanol–water partition coefficient (Wildman–Crippen LogP) is 4.47. The van der Waals surface area contributed by atoms with Crippen LogP contribution in [0.4, 0.5) is 11.4 Å². The number of likely N-dealkylation sites (tertiary alicyclic amines) is 1. The van der Waals surface area contributed by atoms with Gasteiger partial charge in [-0.2, -0.15) is 0 Å². The van der Waals surface area contributed by atoms with Crippen LogP contribution in [-0.4, -0.2) is 56.2 Å². The maximum absolute atomic E-state index is 13.1. The zero-order chi connectivity index (χ0) is 23.4. The highest BCUT2D eigenvalue weighted by molar-refractivity contribution is 6.17. The summed E-state index contributed by atoms with van der Waals surface area (Å²) in [5.74, 6) is 2.19. The Kier molecular flexibility index (Phi) is 7.08. The number of nitrogens with one attached hydrogen (secondary N) is 1. The Morgan fingerprint density at radius 3 is 2.36 bits per heavy atom. The molecule has 33 heavy (non-hydrogen) atoms. The zero-order valence-corrected chi connectivity index (χ0v) is 19.8. The van der Waals surface area contributed by atoms with Gasteiger partial charge in [0, 0.05) is 5.71 Å². The number of carbonyl (C=O) groups is 1. The number of fused-ring (bicyclic) bond motifs is 1. The monoisotopic (exact) mass is 448 g/mol. The van der Waals surface area contributed by atoms with Gasteiger partial charge in [-0.1, -0.05) is 25.1 Å². The van der Waals surface area contributed by atoms with E-state index in [1.165, 1.54) is 0 Å². The van der Waals surface area contributed by atoms with Crippen LogP contribution in [0.2, 0.25) is 0 Å². The second kappa shape index (κ2) is 10.2. The summed E-state index contributed by atoms with van der Waals surface area (Å²) in [6, 6.07) is 13.5. The minimum absolute atomic E-state index is 0.0547. The van der Waals surface area contributed by atoms with Crippen LogP contribution in [-0.2, 0) is 4.79 Å². The Balaban J connectivity index is 1.67. The lowest BCUT2D eigenvalue weighted by Gasteiger charge is -2.30. The van der Waals surface area contributed by atoms with Crippen LogP contribution >= 0.6 is 0 Å². The Morgan fingerprint density at radius 2 is 1.70 bits per heavy atom. The highest BCUT2D eigenvalue weighted by Crippen LogP contribution is 2.36. The number of hydrogen-bond donors (Lipinski definition) is 1. The SMILES string of the molecule is COc1ccc(C2C(C)=Nc3ccccc3N=C2NC(=O)CN2CCC(C)CC2)cc1OC. The van der Waals surface area contributed by atoms with Crippen molar-refractivity contribution in [2.45, 2.75) is 32.6 Å². The van der Waals surface area contributed by atoms with E-state index in [1.807, 2.05) is 49.4 Å². The molecule has 2 aliphatic rings. The van der Waals surface area contributed by atoms with Crippen molar-refractivity contribution >= 4 is 28.8 Å². The molecule has 2 aliphatic heterocycles. The van der Waals surface area contributed by atoms with E-state index in [2.05, 4.69) is 17.1 Å². The van der Waals surface area contributed by atoms with Crippen LogP contribution in [0.3, 0.4) is 0 Å². The van der Waals surface area contributed by atoms with Crippen LogP contribution < -0.4 is 14.8 Å². The first-order valence-electron chi connectivity index (χ1n) is 11.5. The molecule has 1 fully saturated rings. The quantitative estimate of drug-likeness (QED) is 0.732. The van der Waals surface area contributed by atoms with Gasteiger partial charge >= 0.3 is 0 Å².